The number of quaternary nitrogens is 1. The molecule has 0 aliphatic rings. The maximum Gasteiger partial charge on any atom is 0.389 e. The Bertz CT molecular complexity index is 342. The van der Waals surface area contributed by atoms with E-state index in [0.29, 0.717) is 0 Å². The van der Waals surface area contributed by atoms with E-state index in [4.69, 9.17) is 0 Å². The molecule has 11 heteroatoms. The Morgan fingerprint density at radius 3 is 1.83 bits per heavy atom. The Balaban J connectivity index is 0. The number of alkyl halides is 6. The van der Waals surface area contributed by atoms with E-state index in [2.05, 4.69) is 0 Å². The Morgan fingerprint density at radius 2 is 1.50 bits per heavy atom. The molecule has 0 aliphatic carbocycles. The van der Waals surface area contributed by atoms with Crippen molar-refractivity contribution in [3.8, 4) is 0 Å². The van der Waals surface area contributed by atoms with E-state index < -0.39 is 53.4 Å². The van der Waals surface area contributed by atoms with E-state index in [-0.39, 0.29) is 6.15 Å². The lowest BCUT2D eigenvalue weighted by Crippen LogP contribution is -2.38. The molecule has 0 amide bonds. The molecule has 0 saturated heterocycles. The van der Waals surface area contributed by atoms with Crippen LogP contribution in [0, 0.1) is 0 Å². The lowest BCUT2D eigenvalue weighted by Gasteiger charge is -2.23. The Hall–Kier alpha value is -0.550. The van der Waals surface area contributed by atoms with Crippen molar-refractivity contribution in [2.24, 2.45) is 0 Å². The molecule has 0 aliphatic heterocycles. The molecule has 0 aromatic rings. The number of halogens is 6. The quantitative estimate of drug-likeness (QED) is 0.464. The lowest BCUT2D eigenvalue weighted by molar-refractivity contribution is -0.136. The van der Waals surface area contributed by atoms with Crippen molar-refractivity contribution in [2.75, 3.05) is 0 Å². The summed E-state index contributed by atoms with van der Waals surface area (Å²) >= 11 is 0. The summed E-state index contributed by atoms with van der Waals surface area (Å²) in [5.74, 6) is 0. The van der Waals surface area contributed by atoms with Gasteiger partial charge in [-0.05, 0) is 19.3 Å². The van der Waals surface area contributed by atoms with E-state index in [1.165, 1.54) is 0 Å². The van der Waals surface area contributed by atoms with Gasteiger partial charge in [0, 0.05) is 6.42 Å². The second-order valence-corrected chi connectivity index (χ2v) is 4.80. The molecule has 1 unspecified atom stereocenters. The summed E-state index contributed by atoms with van der Waals surface area (Å²) in [5, 5.41) is -5.11. The molecule has 0 saturated carbocycles. The highest BCUT2D eigenvalue weighted by molar-refractivity contribution is 7.86. The minimum atomic E-state index is -6.15. The molecule has 4 N–H and O–H groups in total. The zero-order valence-electron chi connectivity index (χ0n) is 9.31. The second-order valence-electron chi connectivity index (χ2n) is 3.34. The van der Waals surface area contributed by atoms with Gasteiger partial charge in [0.25, 0.3) is 0 Å². The van der Waals surface area contributed by atoms with Crippen LogP contribution in [0.2, 0.25) is 0 Å². The predicted octanol–water partition coefficient (Wildman–Crippen LogP) is 2.96. The van der Waals surface area contributed by atoms with Crippen molar-refractivity contribution >= 4 is 10.1 Å². The molecule has 0 aromatic carbocycles. The molecule has 0 fully saturated rings. The molecule has 0 aromatic heterocycles. The standard InChI is InChI=1S/C7H10F6O3S.H3N/c8-5(7(12,13)17(14,15)16)3-1-2-4-6(9,10)11;/h5H,1-4H2,(H,14,15,16);1H3. The van der Waals surface area contributed by atoms with Gasteiger partial charge in [-0.15, -0.1) is 0 Å². The van der Waals surface area contributed by atoms with Crippen LogP contribution in [0.25, 0.3) is 0 Å². The average molecular weight is 305 g/mol. The fourth-order valence-corrected chi connectivity index (χ4v) is 1.40. The van der Waals surface area contributed by atoms with Gasteiger partial charge in [-0.1, -0.05) is 0 Å². The van der Waals surface area contributed by atoms with Gasteiger partial charge in [0.1, 0.15) is 0 Å². The fraction of sp³-hybridized carbons (Fsp3) is 1.00. The van der Waals surface area contributed by atoms with Crippen molar-refractivity contribution in [1.82, 2.24) is 6.15 Å². The van der Waals surface area contributed by atoms with Crippen LogP contribution in [0.1, 0.15) is 25.7 Å². The van der Waals surface area contributed by atoms with Crippen LogP contribution in [-0.4, -0.2) is 30.6 Å². The molecule has 4 nitrogen and oxygen atoms in total. The van der Waals surface area contributed by atoms with Crippen LogP contribution in [-0.2, 0) is 10.1 Å². The van der Waals surface area contributed by atoms with Crippen molar-refractivity contribution in [3.05, 3.63) is 0 Å². The summed E-state index contributed by atoms with van der Waals surface area (Å²) in [4.78, 5) is 0. The third kappa shape index (κ3) is 6.40. The number of unbranched alkanes of at least 4 members (excludes halogenated alkanes) is 1. The predicted molar refractivity (Wildman–Crippen MR) is 50.0 cm³/mol. The highest BCUT2D eigenvalue weighted by Gasteiger charge is 2.46. The summed E-state index contributed by atoms with van der Waals surface area (Å²) < 4.78 is 102. The summed E-state index contributed by atoms with van der Waals surface area (Å²) in [7, 11) is -6.15. The van der Waals surface area contributed by atoms with Gasteiger partial charge >= 0.3 is 11.4 Å². The van der Waals surface area contributed by atoms with E-state index in [1.807, 2.05) is 0 Å². The van der Waals surface area contributed by atoms with Crippen molar-refractivity contribution in [3.63, 3.8) is 0 Å². The van der Waals surface area contributed by atoms with Gasteiger partial charge in [-0.2, -0.15) is 22.0 Å². The number of rotatable bonds is 6. The number of hydrogen-bond donors (Lipinski definition) is 1. The van der Waals surface area contributed by atoms with Gasteiger partial charge in [0.2, 0.25) is 0 Å². The van der Waals surface area contributed by atoms with Gasteiger partial charge in [-0.3, -0.25) is 0 Å². The van der Waals surface area contributed by atoms with Gasteiger partial charge in [0.15, 0.2) is 16.3 Å². The Morgan fingerprint density at radius 1 is 1.06 bits per heavy atom. The first-order valence-corrected chi connectivity index (χ1v) is 5.83. The lowest BCUT2D eigenvalue weighted by atomic mass is 10.1. The second kappa shape index (κ2) is 6.57. The molecular formula is C7H13F6NO3S. The van der Waals surface area contributed by atoms with E-state index >= 15 is 0 Å². The Kier molecular flexibility index (Phi) is 7.22. The molecule has 0 heterocycles. The maximum atomic E-state index is 12.7. The minimum absolute atomic E-state index is 0. The SMILES string of the molecule is O=S(=O)([O-])C(F)(F)C(F)CCCCC(F)(F)F.[NH4+]. The molecular weight excluding hydrogens is 292 g/mol. The van der Waals surface area contributed by atoms with Crippen LogP contribution in [0.3, 0.4) is 0 Å². The monoisotopic (exact) mass is 305 g/mol. The highest BCUT2D eigenvalue weighted by atomic mass is 32.2. The molecule has 1 atom stereocenters. The molecule has 0 spiro atoms. The van der Waals surface area contributed by atoms with Crippen LogP contribution in [0.4, 0.5) is 26.3 Å². The van der Waals surface area contributed by atoms with Crippen molar-refractivity contribution < 1.29 is 39.3 Å². The largest absolute Gasteiger partial charge is 0.743 e. The van der Waals surface area contributed by atoms with Crippen LogP contribution in [0.15, 0.2) is 0 Å². The third-order valence-electron chi connectivity index (χ3n) is 1.87. The number of hydrogen-bond acceptors (Lipinski definition) is 3. The average Bonchev–Trinajstić information content (AvgIpc) is 2.08. The van der Waals surface area contributed by atoms with Crippen molar-refractivity contribution in [1.29, 1.82) is 0 Å². The highest BCUT2D eigenvalue weighted by Crippen LogP contribution is 2.31. The summed E-state index contributed by atoms with van der Waals surface area (Å²) in [6.45, 7) is 0. The zero-order chi connectivity index (χ0) is 13.9. The summed E-state index contributed by atoms with van der Waals surface area (Å²) in [6.07, 6.45) is -11.4. The van der Waals surface area contributed by atoms with Crippen LogP contribution in [0.5, 0.6) is 0 Å². The zero-order valence-corrected chi connectivity index (χ0v) is 10.1. The first-order chi connectivity index (χ1) is 7.38. The first-order valence-electron chi connectivity index (χ1n) is 4.42. The molecule has 0 radical (unpaired) electrons. The summed E-state index contributed by atoms with van der Waals surface area (Å²) in [5.41, 5.74) is 0. The smallest absolute Gasteiger partial charge is 0.389 e. The minimum Gasteiger partial charge on any atom is -0.743 e. The van der Waals surface area contributed by atoms with Crippen molar-refractivity contribution in [2.45, 2.75) is 43.3 Å². The third-order valence-corrected chi connectivity index (χ3v) is 2.79. The van der Waals surface area contributed by atoms with Gasteiger partial charge < -0.3 is 10.7 Å². The fourth-order valence-electron chi connectivity index (χ4n) is 0.974. The van der Waals surface area contributed by atoms with E-state index in [9.17, 15) is 39.3 Å². The first kappa shape index (κ1) is 19.8. The molecule has 112 valence electrons. The molecule has 18 heavy (non-hydrogen) atoms. The molecule has 0 rings (SSSR count). The van der Waals surface area contributed by atoms with Crippen LogP contribution >= 0.6 is 0 Å². The summed E-state index contributed by atoms with van der Waals surface area (Å²) in [6, 6.07) is 0. The normalized spacial score (nSPS) is 15.1. The van der Waals surface area contributed by atoms with Crippen LogP contribution < -0.4 is 6.15 Å². The maximum absolute atomic E-state index is 12.7. The van der Waals surface area contributed by atoms with Gasteiger partial charge in [-0.25, -0.2) is 12.8 Å². The topological polar surface area (TPSA) is 93.7 Å². The Labute approximate surface area is 99.7 Å². The molecule has 0 bridgehead atoms. The van der Waals surface area contributed by atoms with E-state index in [1.54, 1.807) is 0 Å². The van der Waals surface area contributed by atoms with Gasteiger partial charge in [0.05, 0.1) is 0 Å². The van der Waals surface area contributed by atoms with E-state index in [0.717, 1.165) is 0 Å².